The van der Waals surface area contributed by atoms with Crippen molar-refractivity contribution < 1.29 is 53.8 Å². The van der Waals surface area contributed by atoms with Crippen LogP contribution in [0.3, 0.4) is 0 Å². The smallest absolute Gasteiger partial charge is 0.311 e. The molecule has 0 aromatic heterocycles. The number of hydrogen-bond acceptors (Lipinski definition) is 14. The number of carbonyl (C=O) groups excluding carboxylic acids is 3. The number of fused-ring (bicyclic) bond motifs is 1. The lowest BCUT2D eigenvalue weighted by Gasteiger charge is -2.34. The number of esters is 2. The Hall–Kier alpha value is -5.41. The highest BCUT2D eigenvalue weighted by atomic mass is 16.6. The van der Waals surface area contributed by atoms with Crippen LogP contribution in [0.2, 0.25) is 0 Å². The normalized spacial score (nSPS) is 21.1. The van der Waals surface area contributed by atoms with Gasteiger partial charge in [0.15, 0.2) is 10.9 Å². The van der Waals surface area contributed by atoms with Gasteiger partial charge in [0.1, 0.15) is 23.9 Å². The van der Waals surface area contributed by atoms with Crippen LogP contribution in [0.25, 0.3) is 49.2 Å². The summed E-state index contributed by atoms with van der Waals surface area (Å²) in [5.41, 5.74) is 1.58. The number of allylic oxidation sites excluding steroid dienone is 1. The average molecular weight is 880 g/mol. The van der Waals surface area contributed by atoms with Gasteiger partial charge in [-0.15, -0.1) is 0 Å². The van der Waals surface area contributed by atoms with E-state index in [0.29, 0.717) is 80.3 Å². The van der Waals surface area contributed by atoms with Crippen molar-refractivity contribution in [1.82, 2.24) is 0 Å². The molecule has 5 atom stereocenters. The second kappa shape index (κ2) is 18.6. The first-order chi connectivity index (χ1) is 30.9. The third-order valence-corrected chi connectivity index (χ3v) is 14.1. The number of Topliss-reactive ketones (excluding diaryl/α,β-unsaturated/α-hetero) is 1. The van der Waals surface area contributed by atoms with Crippen molar-refractivity contribution in [3.05, 3.63) is 66.0 Å². The minimum absolute atomic E-state index is 0.0194. The van der Waals surface area contributed by atoms with Gasteiger partial charge in [0, 0.05) is 48.1 Å². The number of phenolic OH excluding ortho intramolecular Hbond substituents is 1. The van der Waals surface area contributed by atoms with Crippen molar-refractivity contribution in [1.29, 1.82) is 0 Å². The molecule has 0 spiro atoms. The Kier molecular flexibility index (Phi) is 13.1. The molecule has 0 bridgehead atoms. The molecule has 5 aromatic carbocycles. The van der Waals surface area contributed by atoms with Crippen LogP contribution in [-0.2, 0) is 48.2 Å². The van der Waals surface area contributed by atoms with E-state index in [0.717, 1.165) is 25.7 Å². The number of ether oxygens (including phenoxy) is 4. The number of aromatic hydroxyl groups is 1. The quantitative estimate of drug-likeness (QED) is 0.0327. The molecule has 0 saturated heterocycles. The lowest BCUT2D eigenvalue weighted by molar-refractivity contribution is -0.153. The van der Waals surface area contributed by atoms with Crippen molar-refractivity contribution >= 4 is 72.6 Å². The highest BCUT2D eigenvalue weighted by Crippen LogP contribution is 2.57. The van der Waals surface area contributed by atoms with Crippen molar-refractivity contribution in [3.8, 4) is 11.5 Å². The molecule has 14 heteroatoms. The van der Waals surface area contributed by atoms with Crippen LogP contribution in [0, 0.1) is 17.8 Å². The molecule has 0 aliphatic heterocycles. The molecule has 0 heterocycles. The molecule has 64 heavy (non-hydrogen) atoms. The number of benzene rings is 5. The van der Waals surface area contributed by atoms with Crippen LogP contribution in [-0.4, -0.2) is 84.8 Å². The van der Waals surface area contributed by atoms with E-state index in [1.54, 1.807) is 0 Å². The van der Waals surface area contributed by atoms with Crippen LogP contribution in [0.4, 0.5) is 5.69 Å². The van der Waals surface area contributed by atoms with Crippen LogP contribution in [0.1, 0.15) is 105 Å². The van der Waals surface area contributed by atoms with Gasteiger partial charge in [0.05, 0.1) is 67.8 Å². The van der Waals surface area contributed by atoms with Gasteiger partial charge in [-0.25, -0.2) is 0 Å². The second-order valence-electron chi connectivity index (χ2n) is 17.8. The number of aliphatic hydroxyl groups is 3. The molecule has 0 amide bonds. The number of ketones is 1. The first-order valence-electron chi connectivity index (χ1n) is 22.5. The average Bonchev–Trinajstić information content (AvgIpc) is 3.42. The SMILES string of the molecule is COCCOC(=O)C1CCCCC1Cc1c(O)c2c(=O)cc(CO)c3c4c(CO)cc(=O)c5c(NC6CCCCC6C(=O)OCCCO)c(OC)c6c(c(c1C=C(C)C6C(C)=O)c23)c54. The molecule has 5 N–H and O–H groups in total. The Labute approximate surface area is 369 Å². The molecule has 14 nitrogen and oxygen atoms in total. The molecular formula is C50H57NO13. The number of methoxy groups -OCH3 is 2. The Bertz CT molecular complexity index is 2800. The largest absolute Gasteiger partial charge is 0.507 e. The Balaban J connectivity index is 1.51. The van der Waals surface area contributed by atoms with E-state index in [2.05, 4.69) is 5.32 Å². The number of aliphatic hydroxyl groups excluding tert-OH is 3. The minimum Gasteiger partial charge on any atom is -0.507 e. The maximum atomic E-state index is 14.9. The Morgan fingerprint density at radius 1 is 0.734 bits per heavy atom. The highest BCUT2D eigenvalue weighted by Gasteiger charge is 2.40. The van der Waals surface area contributed by atoms with E-state index in [-0.39, 0.29) is 96.0 Å². The minimum atomic E-state index is -0.967. The maximum absolute atomic E-state index is 14.9. The topological polar surface area (TPSA) is 215 Å². The number of phenols is 1. The van der Waals surface area contributed by atoms with E-state index >= 15 is 0 Å². The van der Waals surface area contributed by atoms with Gasteiger partial charge >= 0.3 is 11.9 Å². The van der Waals surface area contributed by atoms with E-state index in [4.69, 9.17) is 18.9 Å². The van der Waals surface area contributed by atoms with Gasteiger partial charge < -0.3 is 44.7 Å². The maximum Gasteiger partial charge on any atom is 0.311 e. The number of anilines is 1. The predicted molar refractivity (Wildman–Crippen MR) is 243 cm³/mol. The van der Waals surface area contributed by atoms with Crippen LogP contribution in [0.15, 0.2) is 27.3 Å². The molecule has 340 valence electrons. The van der Waals surface area contributed by atoms with Crippen molar-refractivity contribution in [3.63, 3.8) is 0 Å². The fourth-order valence-electron chi connectivity index (χ4n) is 11.3. The Morgan fingerprint density at radius 3 is 1.98 bits per heavy atom. The summed E-state index contributed by atoms with van der Waals surface area (Å²) in [7, 11) is 2.98. The summed E-state index contributed by atoms with van der Waals surface area (Å²) in [5.74, 6) is -3.49. The molecule has 3 aliphatic carbocycles. The lowest BCUT2D eigenvalue weighted by atomic mass is 9.74. The van der Waals surface area contributed by atoms with Gasteiger partial charge in [-0.05, 0) is 102 Å². The molecule has 5 unspecified atom stereocenters. The molecule has 0 radical (unpaired) electrons. The van der Waals surface area contributed by atoms with E-state index in [1.165, 1.54) is 33.3 Å². The van der Waals surface area contributed by atoms with Gasteiger partial charge in [0.2, 0.25) is 0 Å². The number of carbonyl (C=O) groups is 3. The molecule has 8 rings (SSSR count). The monoisotopic (exact) mass is 879 g/mol. The third-order valence-electron chi connectivity index (χ3n) is 14.1. The summed E-state index contributed by atoms with van der Waals surface area (Å²) >= 11 is 0. The summed E-state index contributed by atoms with van der Waals surface area (Å²) < 4.78 is 22.7. The fraction of sp³-hybridized carbons (Fsp3) is 0.500. The molecule has 2 fully saturated rings. The summed E-state index contributed by atoms with van der Waals surface area (Å²) in [5, 5.41) is 50.0. The van der Waals surface area contributed by atoms with Crippen LogP contribution in [0.5, 0.6) is 11.5 Å². The summed E-state index contributed by atoms with van der Waals surface area (Å²) in [6.07, 6.45) is 7.81. The van der Waals surface area contributed by atoms with E-state index < -0.39 is 53.8 Å². The summed E-state index contributed by atoms with van der Waals surface area (Å²) in [6, 6.07) is 2.08. The molecular weight excluding hydrogens is 823 g/mol. The van der Waals surface area contributed by atoms with Crippen LogP contribution >= 0.6 is 0 Å². The summed E-state index contributed by atoms with van der Waals surface area (Å²) in [6.45, 7) is 2.36. The second-order valence-corrected chi connectivity index (χ2v) is 17.8. The Morgan fingerprint density at radius 2 is 1.34 bits per heavy atom. The van der Waals surface area contributed by atoms with Gasteiger partial charge in [0.25, 0.3) is 0 Å². The molecule has 2 saturated carbocycles. The van der Waals surface area contributed by atoms with Gasteiger partial charge in [-0.1, -0.05) is 37.3 Å². The van der Waals surface area contributed by atoms with E-state index in [1.807, 2.05) is 13.0 Å². The van der Waals surface area contributed by atoms with Crippen molar-refractivity contribution in [2.75, 3.05) is 46.0 Å². The zero-order chi connectivity index (χ0) is 45.6. The number of rotatable bonds is 16. The van der Waals surface area contributed by atoms with Gasteiger partial charge in [-0.2, -0.15) is 0 Å². The first-order valence-corrected chi connectivity index (χ1v) is 22.5. The van der Waals surface area contributed by atoms with Crippen molar-refractivity contribution in [2.24, 2.45) is 17.8 Å². The number of hydrogen-bond donors (Lipinski definition) is 5. The zero-order valence-electron chi connectivity index (χ0n) is 36.9. The standard InChI is InChI=1S/C50H57NO13/c1-24-18-31-32(19-26-10-5-6-11-29(26)49(59)64-17-16-61-3)47(58)41-35(57)21-28(23-54)37-38-27(22-53)20-34(56)40-43(38)44(39(31)42(37)41)45(36(24)25(2)55)48(62-4)46(40)51-33-13-8-7-12-30(33)50(60)63-15-9-14-52/h18,20-21,26,29-30,33,36,51-54,58H,5-17,19,22-23H2,1-4H3. The molecule has 5 aromatic rings. The third kappa shape index (κ3) is 7.51. The highest BCUT2D eigenvalue weighted by molar-refractivity contribution is 6.39. The summed E-state index contributed by atoms with van der Waals surface area (Å²) in [4.78, 5) is 70.8. The lowest BCUT2D eigenvalue weighted by Crippen LogP contribution is -2.38. The number of nitrogens with one attached hydrogen (secondary N) is 1. The molecule has 3 aliphatic rings. The van der Waals surface area contributed by atoms with Gasteiger partial charge in [-0.3, -0.25) is 24.0 Å². The zero-order valence-corrected chi connectivity index (χ0v) is 36.9. The van der Waals surface area contributed by atoms with E-state index in [9.17, 15) is 44.4 Å². The predicted octanol–water partition coefficient (Wildman–Crippen LogP) is 6.12. The van der Waals surface area contributed by atoms with Crippen LogP contribution < -0.4 is 20.9 Å². The van der Waals surface area contributed by atoms with Crippen molar-refractivity contribution in [2.45, 2.75) is 103 Å². The fourth-order valence-corrected chi connectivity index (χ4v) is 11.3. The first kappa shape index (κ1) is 45.2.